The van der Waals surface area contributed by atoms with Gasteiger partial charge in [-0.2, -0.15) is 0 Å². The van der Waals surface area contributed by atoms with Crippen LogP contribution in [0.4, 0.5) is 0 Å². The summed E-state index contributed by atoms with van der Waals surface area (Å²) in [6.45, 7) is 9.36. The monoisotopic (exact) mass is 171 g/mol. The van der Waals surface area contributed by atoms with Gasteiger partial charge in [0, 0.05) is 11.8 Å². The van der Waals surface area contributed by atoms with Crippen molar-refractivity contribution in [2.75, 3.05) is 0 Å². The second-order valence-corrected chi connectivity index (χ2v) is 2.86. The minimum Gasteiger partial charge on any atom is -0.257 e. The predicted octanol–water partition coefficient (Wildman–Crippen LogP) is 3.20. The topological polar surface area (TPSA) is 12.4 Å². The molecule has 1 rings (SSSR count). The maximum atomic E-state index is 4.15. The van der Waals surface area contributed by atoms with Crippen LogP contribution in [0.3, 0.4) is 0 Å². The van der Waals surface area contributed by atoms with E-state index in [1.807, 2.05) is 37.3 Å². The van der Waals surface area contributed by atoms with Gasteiger partial charge in [0.05, 0.1) is 5.71 Å². The fourth-order valence-electron chi connectivity index (χ4n) is 1.09. The van der Waals surface area contributed by atoms with Crippen LogP contribution in [0, 0.1) is 0 Å². The van der Waals surface area contributed by atoms with Gasteiger partial charge in [-0.15, -0.1) is 0 Å². The van der Waals surface area contributed by atoms with E-state index in [9.17, 15) is 0 Å². The average molecular weight is 171 g/mol. The van der Waals surface area contributed by atoms with Gasteiger partial charge < -0.3 is 0 Å². The van der Waals surface area contributed by atoms with Gasteiger partial charge in [-0.05, 0) is 13.0 Å². The minimum absolute atomic E-state index is 0.931. The standard InChI is InChI=1S/C12H13N/c1-4-13-12-8-6-5-7-11(12)9-10(2)3/h4-9H,1-2H2,3H3/b11-9-,13-12?. The molecule has 0 saturated carbocycles. The maximum absolute atomic E-state index is 4.15. The Morgan fingerprint density at radius 2 is 2.08 bits per heavy atom. The summed E-state index contributed by atoms with van der Waals surface area (Å²) in [5, 5.41) is 0. The molecule has 0 atom stereocenters. The van der Waals surface area contributed by atoms with Crippen molar-refractivity contribution in [3.63, 3.8) is 0 Å². The Morgan fingerprint density at radius 3 is 2.69 bits per heavy atom. The van der Waals surface area contributed by atoms with Crippen molar-refractivity contribution in [1.82, 2.24) is 0 Å². The quantitative estimate of drug-likeness (QED) is 0.605. The minimum atomic E-state index is 0.931. The summed E-state index contributed by atoms with van der Waals surface area (Å²) in [6, 6.07) is 0. The van der Waals surface area contributed by atoms with Gasteiger partial charge in [0.2, 0.25) is 0 Å². The molecule has 0 aromatic rings. The summed E-state index contributed by atoms with van der Waals surface area (Å²) < 4.78 is 0. The number of hydrogen-bond donors (Lipinski definition) is 0. The van der Waals surface area contributed by atoms with E-state index < -0.39 is 0 Å². The van der Waals surface area contributed by atoms with Crippen LogP contribution in [-0.2, 0) is 0 Å². The molecule has 0 bridgehead atoms. The molecule has 0 spiro atoms. The highest BCUT2D eigenvalue weighted by Crippen LogP contribution is 2.10. The van der Waals surface area contributed by atoms with Crippen LogP contribution >= 0.6 is 0 Å². The number of allylic oxidation sites excluding steroid dienone is 7. The SMILES string of the molecule is C=CN=C1C=CC=C/C1=C/C(=C)C. The molecule has 0 fully saturated rings. The molecule has 1 aliphatic carbocycles. The van der Waals surface area contributed by atoms with Crippen LogP contribution in [0.25, 0.3) is 0 Å². The molecule has 0 aromatic heterocycles. The first-order chi connectivity index (χ1) is 6.24. The molecule has 0 aromatic carbocycles. The molecule has 0 heterocycles. The third-order valence-electron chi connectivity index (χ3n) is 1.57. The molecule has 1 heteroatoms. The molecule has 0 unspecified atom stereocenters. The highest BCUT2D eigenvalue weighted by Gasteiger charge is 2.01. The normalized spacial score (nSPS) is 21.0. The second kappa shape index (κ2) is 4.41. The second-order valence-electron chi connectivity index (χ2n) is 2.86. The van der Waals surface area contributed by atoms with E-state index >= 15 is 0 Å². The molecule has 1 nitrogen and oxygen atoms in total. The van der Waals surface area contributed by atoms with Crippen LogP contribution in [-0.4, -0.2) is 5.71 Å². The van der Waals surface area contributed by atoms with E-state index in [1.54, 1.807) is 6.20 Å². The van der Waals surface area contributed by atoms with Crippen molar-refractivity contribution in [1.29, 1.82) is 0 Å². The van der Waals surface area contributed by atoms with Gasteiger partial charge in [-0.25, -0.2) is 0 Å². The Hall–Kier alpha value is -1.63. The summed E-state index contributed by atoms with van der Waals surface area (Å²) in [6.07, 6.45) is 11.5. The fourth-order valence-corrected chi connectivity index (χ4v) is 1.09. The van der Waals surface area contributed by atoms with E-state index in [1.165, 1.54) is 0 Å². The van der Waals surface area contributed by atoms with E-state index in [4.69, 9.17) is 0 Å². The number of rotatable bonds is 2. The summed E-state index contributed by atoms with van der Waals surface area (Å²) in [7, 11) is 0. The van der Waals surface area contributed by atoms with Crippen molar-refractivity contribution >= 4 is 5.71 Å². The van der Waals surface area contributed by atoms with Gasteiger partial charge in [-0.3, -0.25) is 4.99 Å². The lowest BCUT2D eigenvalue weighted by Gasteiger charge is -2.05. The van der Waals surface area contributed by atoms with Gasteiger partial charge in [-0.1, -0.05) is 43.0 Å². The zero-order valence-corrected chi connectivity index (χ0v) is 7.83. The highest BCUT2D eigenvalue weighted by molar-refractivity contribution is 6.12. The fraction of sp³-hybridized carbons (Fsp3) is 0.0833. The molecular formula is C12H13N. The van der Waals surface area contributed by atoms with Gasteiger partial charge in [0.1, 0.15) is 0 Å². The molecule has 13 heavy (non-hydrogen) atoms. The van der Waals surface area contributed by atoms with Crippen LogP contribution in [0.2, 0.25) is 0 Å². The largest absolute Gasteiger partial charge is 0.257 e. The van der Waals surface area contributed by atoms with Crippen molar-refractivity contribution in [2.45, 2.75) is 6.92 Å². The molecule has 1 aliphatic rings. The molecular weight excluding hydrogens is 158 g/mol. The molecule has 0 aliphatic heterocycles. The first-order valence-electron chi connectivity index (χ1n) is 4.15. The first kappa shape index (κ1) is 9.46. The number of nitrogens with zero attached hydrogens (tertiary/aromatic N) is 1. The van der Waals surface area contributed by atoms with Gasteiger partial charge in [0.25, 0.3) is 0 Å². The predicted molar refractivity (Wildman–Crippen MR) is 58.8 cm³/mol. The molecule has 0 N–H and O–H groups in total. The Morgan fingerprint density at radius 1 is 1.38 bits per heavy atom. The first-order valence-corrected chi connectivity index (χ1v) is 4.15. The van der Waals surface area contributed by atoms with Crippen LogP contribution < -0.4 is 0 Å². The molecule has 0 amide bonds. The zero-order valence-electron chi connectivity index (χ0n) is 7.83. The molecule has 66 valence electrons. The Bertz CT molecular complexity index is 338. The molecule has 0 radical (unpaired) electrons. The third-order valence-corrected chi connectivity index (χ3v) is 1.57. The van der Waals surface area contributed by atoms with Crippen LogP contribution in [0.5, 0.6) is 0 Å². The third kappa shape index (κ3) is 2.71. The lowest BCUT2D eigenvalue weighted by molar-refractivity contribution is 1.50. The Kier molecular flexibility index (Phi) is 3.21. The van der Waals surface area contributed by atoms with Crippen molar-refractivity contribution in [2.24, 2.45) is 4.99 Å². The Balaban J connectivity index is 3.02. The van der Waals surface area contributed by atoms with E-state index in [-0.39, 0.29) is 0 Å². The zero-order chi connectivity index (χ0) is 9.68. The lowest BCUT2D eigenvalue weighted by Crippen LogP contribution is -1.99. The van der Waals surface area contributed by atoms with E-state index in [0.717, 1.165) is 16.9 Å². The summed E-state index contributed by atoms with van der Waals surface area (Å²) >= 11 is 0. The van der Waals surface area contributed by atoms with Crippen molar-refractivity contribution in [3.05, 3.63) is 60.9 Å². The summed E-state index contributed by atoms with van der Waals surface area (Å²) in [5.41, 5.74) is 3.03. The van der Waals surface area contributed by atoms with E-state index in [2.05, 4.69) is 18.2 Å². The van der Waals surface area contributed by atoms with Gasteiger partial charge >= 0.3 is 0 Å². The van der Waals surface area contributed by atoms with Crippen molar-refractivity contribution < 1.29 is 0 Å². The smallest absolute Gasteiger partial charge is 0.0701 e. The van der Waals surface area contributed by atoms with Crippen LogP contribution in [0.15, 0.2) is 65.9 Å². The van der Waals surface area contributed by atoms with Crippen molar-refractivity contribution in [3.8, 4) is 0 Å². The summed E-state index contributed by atoms with van der Waals surface area (Å²) in [4.78, 5) is 4.15. The highest BCUT2D eigenvalue weighted by atomic mass is 14.7. The number of hydrogen-bond acceptors (Lipinski definition) is 1. The van der Waals surface area contributed by atoms with Crippen LogP contribution in [0.1, 0.15) is 6.92 Å². The molecule has 0 saturated heterocycles. The van der Waals surface area contributed by atoms with Gasteiger partial charge in [0.15, 0.2) is 0 Å². The average Bonchev–Trinajstić information content (AvgIpc) is 2.08. The summed E-state index contributed by atoms with van der Waals surface area (Å²) in [5.74, 6) is 0. The lowest BCUT2D eigenvalue weighted by atomic mass is 10.0. The number of aliphatic imine (C=N–C) groups is 1. The van der Waals surface area contributed by atoms with E-state index in [0.29, 0.717) is 0 Å². The Labute approximate surface area is 79.2 Å². The maximum Gasteiger partial charge on any atom is 0.0701 e.